The van der Waals surface area contributed by atoms with E-state index in [4.69, 9.17) is 4.74 Å². The van der Waals surface area contributed by atoms with Crippen molar-refractivity contribution in [3.63, 3.8) is 0 Å². The average Bonchev–Trinajstić information content (AvgIpc) is 2.66. The van der Waals surface area contributed by atoms with Crippen molar-refractivity contribution in [2.45, 2.75) is 57.5 Å². The van der Waals surface area contributed by atoms with E-state index < -0.39 is 27.7 Å². The van der Waals surface area contributed by atoms with Gasteiger partial charge in [-0.3, -0.25) is 9.59 Å². The zero-order valence-corrected chi connectivity index (χ0v) is 18.1. The highest BCUT2D eigenvalue weighted by molar-refractivity contribution is 7.89. The van der Waals surface area contributed by atoms with Crippen LogP contribution in [0.4, 0.5) is 4.39 Å². The topological polar surface area (TPSA) is 84.0 Å². The highest BCUT2D eigenvalue weighted by Gasteiger charge is 2.33. The van der Waals surface area contributed by atoms with Gasteiger partial charge in [-0.25, -0.2) is 12.8 Å². The summed E-state index contributed by atoms with van der Waals surface area (Å²) in [7, 11) is -3.73. The number of esters is 1. The van der Waals surface area contributed by atoms with E-state index in [1.165, 1.54) is 16.4 Å². The molecule has 0 N–H and O–H groups in total. The average molecular weight is 429 g/mol. The van der Waals surface area contributed by atoms with E-state index in [0.717, 1.165) is 12.1 Å². The number of benzene rings is 1. The Balaban J connectivity index is 1.89. The molecule has 0 bridgehead atoms. The van der Waals surface area contributed by atoms with Gasteiger partial charge < -0.3 is 9.64 Å². The van der Waals surface area contributed by atoms with Crippen LogP contribution in [-0.2, 0) is 24.3 Å². The molecule has 0 aromatic heterocycles. The highest BCUT2D eigenvalue weighted by Crippen LogP contribution is 2.25. The van der Waals surface area contributed by atoms with Gasteiger partial charge in [0.2, 0.25) is 10.0 Å². The van der Waals surface area contributed by atoms with Gasteiger partial charge in [0.25, 0.3) is 5.91 Å². The van der Waals surface area contributed by atoms with Gasteiger partial charge >= 0.3 is 5.97 Å². The molecular weight excluding hydrogens is 399 g/mol. The number of sulfonamides is 1. The molecule has 1 saturated heterocycles. The molecule has 1 heterocycles. The lowest BCUT2D eigenvalue weighted by atomic mass is 9.98. The minimum Gasteiger partial charge on any atom is -0.455 e. The van der Waals surface area contributed by atoms with Crippen LogP contribution in [0.15, 0.2) is 29.2 Å². The lowest BCUT2D eigenvalue weighted by molar-refractivity contribution is -0.157. The molecule has 9 heteroatoms. The second kappa shape index (κ2) is 9.67. The third kappa shape index (κ3) is 5.76. The summed E-state index contributed by atoms with van der Waals surface area (Å²) in [5.74, 6) is -1.69. The van der Waals surface area contributed by atoms with Gasteiger partial charge in [-0.1, -0.05) is 0 Å². The Morgan fingerprint density at radius 3 is 2.10 bits per heavy atom. The Labute approximate surface area is 171 Å². The van der Waals surface area contributed by atoms with Gasteiger partial charge in [0.15, 0.2) is 6.61 Å². The first kappa shape index (κ1) is 23.3. The predicted octanol–water partition coefficient (Wildman–Crippen LogP) is 2.42. The Morgan fingerprint density at radius 2 is 1.62 bits per heavy atom. The summed E-state index contributed by atoms with van der Waals surface area (Å²) in [6.45, 7) is 7.61. The van der Waals surface area contributed by atoms with E-state index in [9.17, 15) is 22.4 Å². The fourth-order valence-corrected chi connectivity index (χ4v) is 5.05. The van der Waals surface area contributed by atoms with Crippen molar-refractivity contribution in [1.82, 2.24) is 9.21 Å². The van der Waals surface area contributed by atoms with Gasteiger partial charge in [0, 0.05) is 25.2 Å². The standard InChI is InChI=1S/C20H29FN2O5S/c1-14(2)23(15(3)4)19(24)13-28-20(25)16-9-11-22(12-10-16)29(26,27)18-7-5-17(21)6-8-18/h5-8,14-16H,9-13H2,1-4H3. The Bertz CT molecular complexity index is 808. The van der Waals surface area contributed by atoms with Crippen molar-refractivity contribution in [2.75, 3.05) is 19.7 Å². The van der Waals surface area contributed by atoms with Crippen molar-refractivity contribution >= 4 is 21.9 Å². The predicted molar refractivity (Wildman–Crippen MR) is 106 cm³/mol. The minimum atomic E-state index is -3.73. The number of amides is 1. The van der Waals surface area contributed by atoms with Crippen LogP contribution in [0, 0.1) is 11.7 Å². The fourth-order valence-electron chi connectivity index (χ4n) is 3.59. The fraction of sp³-hybridized carbons (Fsp3) is 0.600. The molecule has 1 aromatic rings. The maximum atomic E-state index is 13.0. The summed E-state index contributed by atoms with van der Waals surface area (Å²) in [5.41, 5.74) is 0. The van der Waals surface area contributed by atoms with Crippen LogP contribution in [0.3, 0.4) is 0 Å². The smallest absolute Gasteiger partial charge is 0.309 e. The highest BCUT2D eigenvalue weighted by atomic mass is 32.2. The minimum absolute atomic E-state index is 0.00103. The van der Waals surface area contributed by atoms with Crippen molar-refractivity contribution in [1.29, 1.82) is 0 Å². The normalized spacial score (nSPS) is 16.2. The lowest BCUT2D eigenvalue weighted by Gasteiger charge is -2.32. The molecule has 1 aromatic carbocycles. The summed E-state index contributed by atoms with van der Waals surface area (Å²) in [4.78, 5) is 26.3. The Kier molecular flexibility index (Phi) is 7.76. The number of rotatable bonds is 7. The first-order valence-corrected chi connectivity index (χ1v) is 11.2. The summed E-state index contributed by atoms with van der Waals surface area (Å²) in [5, 5.41) is 0. The molecule has 1 amide bonds. The van der Waals surface area contributed by atoms with Crippen LogP contribution in [0.2, 0.25) is 0 Å². The maximum Gasteiger partial charge on any atom is 0.309 e. The van der Waals surface area contributed by atoms with E-state index in [0.29, 0.717) is 12.8 Å². The maximum absolute atomic E-state index is 13.0. The third-order valence-electron chi connectivity index (χ3n) is 4.98. The van der Waals surface area contributed by atoms with Gasteiger partial charge in [0.05, 0.1) is 10.8 Å². The molecule has 0 saturated carbocycles. The largest absolute Gasteiger partial charge is 0.455 e. The summed E-state index contributed by atoms with van der Waals surface area (Å²) in [6, 6.07) is 4.66. The van der Waals surface area contributed by atoms with Gasteiger partial charge in [-0.2, -0.15) is 4.31 Å². The molecule has 0 spiro atoms. The molecule has 7 nitrogen and oxygen atoms in total. The molecule has 0 unspecified atom stereocenters. The number of carbonyl (C=O) groups is 2. The molecule has 0 radical (unpaired) electrons. The van der Waals surface area contributed by atoms with Gasteiger partial charge in [-0.15, -0.1) is 0 Å². The number of piperidine rings is 1. The number of ether oxygens (including phenoxy) is 1. The summed E-state index contributed by atoms with van der Waals surface area (Å²) < 4.78 is 44.8. The van der Waals surface area contributed by atoms with Gasteiger partial charge in [-0.05, 0) is 64.8 Å². The quantitative estimate of drug-likeness (QED) is 0.623. The number of carbonyl (C=O) groups excluding carboxylic acids is 2. The van der Waals surface area contributed by atoms with Crippen molar-refractivity contribution in [3.8, 4) is 0 Å². The molecule has 1 aliphatic heterocycles. The van der Waals surface area contributed by atoms with Crippen molar-refractivity contribution in [2.24, 2.45) is 5.92 Å². The van der Waals surface area contributed by atoms with Crippen LogP contribution >= 0.6 is 0 Å². The van der Waals surface area contributed by atoms with Crippen LogP contribution in [-0.4, -0.2) is 61.3 Å². The van der Waals surface area contributed by atoms with Crippen LogP contribution in [0.25, 0.3) is 0 Å². The zero-order valence-electron chi connectivity index (χ0n) is 17.3. The Morgan fingerprint density at radius 1 is 1.10 bits per heavy atom. The summed E-state index contributed by atoms with van der Waals surface area (Å²) >= 11 is 0. The van der Waals surface area contributed by atoms with Gasteiger partial charge in [0.1, 0.15) is 5.82 Å². The molecule has 0 atom stereocenters. The first-order chi connectivity index (χ1) is 13.5. The van der Waals surface area contributed by atoms with E-state index in [-0.39, 0.29) is 42.6 Å². The zero-order chi connectivity index (χ0) is 21.8. The van der Waals surface area contributed by atoms with E-state index in [1.807, 2.05) is 27.7 Å². The summed E-state index contributed by atoms with van der Waals surface area (Å²) in [6.07, 6.45) is 0.622. The van der Waals surface area contributed by atoms with Crippen LogP contribution in [0.1, 0.15) is 40.5 Å². The van der Waals surface area contributed by atoms with E-state index in [2.05, 4.69) is 0 Å². The number of hydrogen-bond acceptors (Lipinski definition) is 5. The SMILES string of the molecule is CC(C)N(C(=O)COC(=O)C1CCN(S(=O)(=O)c2ccc(F)cc2)CC1)C(C)C. The third-order valence-corrected chi connectivity index (χ3v) is 6.89. The molecule has 0 aliphatic carbocycles. The molecule has 29 heavy (non-hydrogen) atoms. The van der Waals surface area contributed by atoms with Crippen molar-refractivity contribution in [3.05, 3.63) is 30.1 Å². The molecule has 1 aliphatic rings. The molecular formula is C20H29FN2O5S. The first-order valence-electron chi connectivity index (χ1n) is 9.77. The van der Waals surface area contributed by atoms with Crippen LogP contribution in [0.5, 0.6) is 0 Å². The molecule has 162 valence electrons. The number of halogens is 1. The lowest BCUT2D eigenvalue weighted by Crippen LogP contribution is -2.45. The van der Waals surface area contributed by atoms with Crippen LogP contribution < -0.4 is 0 Å². The Hall–Kier alpha value is -2.00. The van der Waals surface area contributed by atoms with Crippen molar-refractivity contribution < 1.29 is 27.1 Å². The number of hydrogen-bond donors (Lipinski definition) is 0. The second-order valence-corrected chi connectivity index (χ2v) is 9.67. The second-order valence-electron chi connectivity index (χ2n) is 7.73. The van der Waals surface area contributed by atoms with E-state index in [1.54, 1.807) is 4.90 Å². The monoisotopic (exact) mass is 428 g/mol. The molecule has 1 fully saturated rings. The number of nitrogens with zero attached hydrogens (tertiary/aromatic N) is 2. The molecule has 2 rings (SSSR count). The van der Waals surface area contributed by atoms with E-state index >= 15 is 0 Å².